The van der Waals surface area contributed by atoms with Crippen molar-refractivity contribution in [2.45, 2.75) is 44.6 Å². The highest BCUT2D eigenvalue weighted by atomic mass is 79.9. The van der Waals surface area contributed by atoms with E-state index in [2.05, 4.69) is 15.9 Å². The lowest BCUT2D eigenvalue weighted by Gasteiger charge is -2.34. The summed E-state index contributed by atoms with van der Waals surface area (Å²) < 4.78 is 19.4. The monoisotopic (exact) mass is 653 g/mol. The van der Waals surface area contributed by atoms with Gasteiger partial charge in [0.25, 0.3) is 0 Å². The van der Waals surface area contributed by atoms with Crippen LogP contribution in [-0.4, -0.2) is 71.9 Å². The van der Waals surface area contributed by atoms with Gasteiger partial charge in [-0.2, -0.15) is 0 Å². The Balaban J connectivity index is 1.30. The van der Waals surface area contributed by atoms with Crippen LogP contribution in [0, 0.1) is 17.2 Å². The molecule has 5 rings (SSSR count). The van der Waals surface area contributed by atoms with Crippen LogP contribution in [0.4, 0.5) is 9.18 Å². The zero-order valence-electron chi connectivity index (χ0n) is 22.3. The minimum atomic E-state index is -0.622. The summed E-state index contributed by atoms with van der Waals surface area (Å²) >= 11 is 15.6. The van der Waals surface area contributed by atoms with Gasteiger partial charge in [-0.1, -0.05) is 36.2 Å². The molecule has 0 N–H and O–H groups in total. The van der Waals surface area contributed by atoms with E-state index in [9.17, 15) is 18.8 Å². The first-order chi connectivity index (χ1) is 19.0. The van der Waals surface area contributed by atoms with Crippen LogP contribution in [0.15, 0.2) is 40.9 Å². The van der Waals surface area contributed by atoms with Gasteiger partial charge in [0.05, 0.1) is 20.6 Å². The average Bonchev–Trinajstić information content (AvgIpc) is 3.54. The number of hydrogen-bond acceptors (Lipinski definition) is 4. The minimum absolute atomic E-state index is 0.0292. The summed E-state index contributed by atoms with van der Waals surface area (Å²) in [6.07, 6.45) is 2.49. The van der Waals surface area contributed by atoms with Crippen molar-refractivity contribution >= 4 is 57.0 Å². The fourth-order valence-electron chi connectivity index (χ4n) is 5.65. The highest BCUT2D eigenvalue weighted by Crippen LogP contribution is 2.47. The Morgan fingerprint density at radius 2 is 1.73 bits per heavy atom. The van der Waals surface area contributed by atoms with E-state index < -0.39 is 18.0 Å². The Morgan fingerprint density at radius 3 is 2.35 bits per heavy atom. The first kappa shape index (κ1) is 29.1. The first-order valence-corrected chi connectivity index (χ1v) is 14.9. The number of likely N-dealkylation sites (tertiary alicyclic amines) is 2. The van der Waals surface area contributed by atoms with Crippen LogP contribution >= 0.6 is 39.1 Å². The van der Waals surface area contributed by atoms with Crippen molar-refractivity contribution in [1.82, 2.24) is 14.7 Å². The van der Waals surface area contributed by atoms with Crippen molar-refractivity contribution < 1.29 is 23.5 Å². The largest absolute Gasteiger partial charge is 0.415 e. The van der Waals surface area contributed by atoms with Crippen LogP contribution < -0.4 is 4.74 Å². The molecule has 3 amide bonds. The molecule has 1 saturated carbocycles. The lowest BCUT2D eigenvalue weighted by molar-refractivity contribution is -0.142. The molecule has 0 spiro atoms. The number of piperidine rings is 1. The number of likely N-dealkylation sites (N-methyl/N-ethyl adjacent to an activating group) is 1. The van der Waals surface area contributed by atoms with Gasteiger partial charge in [0.2, 0.25) is 11.8 Å². The van der Waals surface area contributed by atoms with Gasteiger partial charge in [0, 0.05) is 50.5 Å². The molecule has 2 saturated heterocycles. The third-order valence-electron chi connectivity index (χ3n) is 8.50. The van der Waals surface area contributed by atoms with Crippen molar-refractivity contribution in [2.24, 2.45) is 11.3 Å². The summed E-state index contributed by atoms with van der Waals surface area (Å²) in [5.74, 6) is -0.446. The predicted octanol–water partition coefficient (Wildman–Crippen LogP) is 6.36. The molecule has 0 bridgehead atoms. The maximum atomic E-state index is 13.7. The SMILES string of the molecule is CN(C(=O)Oc1ccc(F)c(Br)c1)C1CN(C(=O)C2CCN(C(=O)C3(C)CC3)CC2)CC1c1ccc(Cl)c(Cl)c1. The molecule has 2 unspecified atom stereocenters. The number of benzene rings is 2. The van der Waals surface area contributed by atoms with E-state index in [0.29, 0.717) is 49.1 Å². The van der Waals surface area contributed by atoms with Gasteiger partial charge in [0.1, 0.15) is 11.6 Å². The van der Waals surface area contributed by atoms with E-state index in [1.165, 1.54) is 23.1 Å². The Bertz CT molecular complexity index is 1330. The normalized spacial score (nSPS) is 22.2. The molecule has 2 heterocycles. The third-order valence-corrected chi connectivity index (χ3v) is 9.85. The van der Waals surface area contributed by atoms with Gasteiger partial charge < -0.3 is 19.4 Å². The molecule has 0 aromatic heterocycles. The van der Waals surface area contributed by atoms with Gasteiger partial charge >= 0.3 is 6.09 Å². The second kappa shape index (κ2) is 11.5. The molecule has 1 aliphatic carbocycles. The molecule has 214 valence electrons. The number of carbonyl (C=O) groups is 3. The predicted molar refractivity (Wildman–Crippen MR) is 154 cm³/mol. The van der Waals surface area contributed by atoms with Gasteiger partial charge in [-0.15, -0.1) is 0 Å². The molecule has 11 heteroatoms. The number of hydrogen-bond donors (Lipinski definition) is 0. The Morgan fingerprint density at radius 1 is 1.02 bits per heavy atom. The minimum Gasteiger partial charge on any atom is -0.410 e. The number of halogens is 4. The standard InChI is InChI=1S/C29H31BrCl2FN3O4/c1-29(9-10-29)27(38)35-11-7-17(8-12-35)26(37)36-15-20(18-3-5-22(31)23(32)13-18)25(16-36)34(2)28(39)40-19-4-6-24(33)21(30)14-19/h3-6,13-14,17,20,25H,7-12,15-16H2,1-2H3. The van der Waals surface area contributed by atoms with Crippen LogP contribution in [0.3, 0.4) is 0 Å². The smallest absolute Gasteiger partial charge is 0.410 e. The molecule has 2 aromatic rings. The first-order valence-electron chi connectivity index (χ1n) is 13.4. The Labute approximate surface area is 251 Å². The summed E-state index contributed by atoms with van der Waals surface area (Å²) in [7, 11) is 1.63. The van der Waals surface area contributed by atoms with Gasteiger partial charge in [0.15, 0.2) is 0 Å². The van der Waals surface area contributed by atoms with Crippen LogP contribution in [0.1, 0.15) is 44.1 Å². The molecule has 3 aliphatic rings. The topological polar surface area (TPSA) is 70.2 Å². The van der Waals surface area contributed by atoms with Crippen molar-refractivity contribution in [3.63, 3.8) is 0 Å². The second-order valence-electron chi connectivity index (χ2n) is 11.3. The van der Waals surface area contributed by atoms with E-state index in [1.807, 2.05) is 17.9 Å². The Hall–Kier alpha value is -2.36. The lowest BCUT2D eigenvalue weighted by Crippen LogP contribution is -2.46. The highest BCUT2D eigenvalue weighted by Gasteiger charge is 2.48. The number of rotatable bonds is 5. The number of carbonyl (C=O) groups excluding carboxylic acids is 3. The summed E-state index contributed by atoms with van der Waals surface area (Å²) in [4.78, 5) is 44.8. The summed E-state index contributed by atoms with van der Waals surface area (Å²) in [5, 5.41) is 0.814. The number of nitrogens with zero attached hydrogens (tertiary/aromatic N) is 3. The zero-order valence-corrected chi connectivity index (χ0v) is 25.4. The highest BCUT2D eigenvalue weighted by molar-refractivity contribution is 9.10. The number of ether oxygens (including phenoxy) is 1. The molecule has 40 heavy (non-hydrogen) atoms. The summed E-state index contributed by atoms with van der Waals surface area (Å²) in [6.45, 7) is 3.89. The summed E-state index contributed by atoms with van der Waals surface area (Å²) in [6, 6.07) is 8.94. The van der Waals surface area contributed by atoms with Crippen LogP contribution in [-0.2, 0) is 9.59 Å². The van der Waals surface area contributed by atoms with Gasteiger partial charge in [-0.3, -0.25) is 9.59 Å². The van der Waals surface area contributed by atoms with Gasteiger partial charge in [-0.05, 0) is 77.5 Å². The molecule has 7 nitrogen and oxygen atoms in total. The third kappa shape index (κ3) is 5.97. The van der Waals surface area contributed by atoms with Crippen molar-refractivity contribution in [2.75, 3.05) is 33.2 Å². The molecular weight excluding hydrogens is 624 g/mol. The van der Waals surface area contributed by atoms with E-state index in [4.69, 9.17) is 27.9 Å². The number of amides is 3. The van der Waals surface area contributed by atoms with Crippen LogP contribution in [0.25, 0.3) is 0 Å². The average molecular weight is 655 g/mol. The van der Waals surface area contributed by atoms with Crippen molar-refractivity contribution in [1.29, 1.82) is 0 Å². The molecule has 2 atom stereocenters. The molecule has 0 radical (unpaired) electrons. The maximum Gasteiger partial charge on any atom is 0.415 e. The van der Waals surface area contributed by atoms with E-state index in [-0.39, 0.29) is 39.3 Å². The summed E-state index contributed by atoms with van der Waals surface area (Å²) in [5.41, 5.74) is 0.645. The fraction of sp³-hybridized carbons (Fsp3) is 0.483. The molecular formula is C29H31BrCl2FN3O4. The zero-order chi connectivity index (χ0) is 28.8. The van der Waals surface area contributed by atoms with Crippen molar-refractivity contribution in [3.8, 4) is 5.75 Å². The fourth-order valence-corrected chi connectivity index (χ4v) is 6.31. The van der Waals surface area contributed by atoms with Crippen LogP contribution in [0.5, 0.6) is 5.75 Å². The Kier molecular flexibility index (Phi) is 8.37. The van der Waals surface area contributed by atoms with Gasteiger partial charge in [-0.25, -0.2) is 9.18 Å². The van der Waals surface area contributed by atoms with E-state index in [0.717, 1.165) is 18.4 Å². The molecule has 3 fully saturated rings. The van der Waals surface area contributed by atoms with E-state index >= 15 is 0 Å². The molecule has 2 aromatic carbocycles. The van der Waals surface area contributed by atoms with Crippen molar-refractivity contribution in [3.05, 3.63) is 62.3 Å². The molecule has 2 aliphatic heterocycles. The maximum absolute atomic E-state index is 13.7. The lowest BCUT2D eigenvalue weighted by atomic mass is 9.93. The van der Waals surface area contributed by atoms with Crippen LogP contribution in [0.2, 0.25) is 10.0 Å². The van der Waals surface area contributed by atoms with E-state index in [1.54, 1.807) is 24.1 Å². The quantitative estimate of drug-likeness (QED) is 0.376. The second-order valence-corrected chi connectivity index (χ2v) is 12.9.